The Hall–Kier alpha value is -1.24. The number of benzene rings is 1. The minimum Gasteiger partial charge on any atom is -0.465 e. The fourth-order valence-electron chi connectivity index (χ4n) is 1.29. The molecule has 0 saturated heterocycles. The van der Waals surface area contributed by atoms with Crippen molar-refractivity contribution >= 4 is 34.9 Å². The van der Waals surface area contributed by atoms with Crippen LogP contribution in [0.3, 0.4) is 0 Å². The summed E-state index contributed by atoms with van der Waals surface area (Å²) < 4.78 is 23.9. The van der Waals surface area contributed by atoms with E-state index in [0.717, 1.165) is 0 Å². The number of halogens is 1. The van der Waals surface area contributed by atoms with Crippen LogP contribution in [0, 0.1) is 0 Å². The molecule has 1 unspecified atom stereocenters. The van der Waals surface area contributed by atoms with Crippen molar-refractivity contribution < 1.29 is 23.1 Å². The van der Waals surface area contributed by atoms with Gasteiger partial charge < -0.3 is 9.29 Å². The molecule has 5 nitrogen and oxygen atoms in total. The third-order valence-electron chi connectivity index (χ3n) is 2.07. The van der Waals surface area contributed by atoms with Gasteiger partial charge in [0.05, 0.1) is 23.4 Å². The summed E-state index contributed by atoms with van der Waals surface area (Å²) in [6.45, 7) is 0. The Balaban J connectivity index is 3.31. The smallest absolute Gasteiger partial charge is 0.339 e. The fourth-order valence-corrected chi connectivity index (χ4v) is 2.11. The highest BCUT2D eigenvalue weighted by molar-refractivity contribution is 7.78. The monoisotopic (exact) mass is 276 g/mol. The Morgan fingerprint density at radius 1 is 1.59 bits per heavy atom. The number of hydrogen-bond donors (Lipinski definition) is 1. The van der Waals surface area contributed by atoms with E-state index in [1.165, 1.54) is 19.2 Å². The second-order valence-corrected chi connectivity index (χ2v) is 4.38. The van der Waals surface area contributed by atoms with Crippen molar-refractivity contribution in [2.75, 3.05) is 7.11 Å². The largest absolute Gasteiger partial charge is 0.465 e. The molecule has 0 spiro atoms. The maximum atomic E-state index is 11.3. The predicted molar refractivity (Wildman–Crippen MR) is 62.7 cm³/mol. The van der Waals surface area contributed by atoms with Crippen LogP contribution in [0.5, 0.6) is 0 Å². The number of hydrogen-bond acceptors (Lipinski definition) is 4. The SMILES string of the molecule is COC(=O)c1ccc(CS(=O)O)c(C=O)c1Cl. The molecule has 0 fully saturated rings. The van der Waals surface area contributed by atoms with Crippen molar-refractivity contribution in [3.63, 3.8) is 0 Å². The van der Waals surface area contributed by atoms with Crippen LogP contribution >= 0.6 is 11.6 Å². The molecular formula is C10H9ClO5S. The lowest BCUT2D eigenvalue weighted by Crippen LogP contribution is -2.06. The molecule has 0 aliphatic carbocycles. The van der Waals surface area contributed by atoms with Crippen molar-refractivity contribution in [2.45, 2.75) is 5.75 Å². The van der Waals surface area contributed by atoms with Gasteiger partial charge in [-0.1, -0.05) is 17.7 Å². The van der Waals surface area contributed by atoms with Gasteiger partial charge in [0.25, 0.3) is 0 Å². The molecule has 0 heterocycles. The number of rotatable bonds is 4. The third-order valence-corrected chi connectivity index (χ3v) is 3.04. The molecule has 1 N–H and O–H groups in total. The number of aldehydes is 1. The fraction of sp³-hybridized carbons (Fsp3) is 0.200. The average Bonchev–Trinajstić information content (AvgIpc) is 2.28. The van der Waals surface area contributed by atoms with E-state index >= 15 is 0 Å². The lowest BCUT2D eigenvalue weighted by molar-refractivity contribution is 0.0601. The second-order valence-electron chi connectivity index (χ2n) is 3.08. The first kappa shape index (κ1) is 13.8. The Labute approximate surface area is 105 Å². The molecule has 1 aromatic rings. The second kappa shape index (κ2) is 5.90. The molecule has 0 aliphatic rings. The van der Waals surface area contributed by atoms with E-state index in [2.05, 4.69) is 4.74 Å². The van der Waals surface area contributed by atoms with Gasteiger partial charge in [0.1, 0.15) is 0 Å². The Kier molecular flexibility index (Phi) is 4.80. The molecule has 0 aromatic heterocycles. The first-order valence-corrected chi connectivity index (χ1v) is 6.09. The average molecular weight is 277 g/mol. The standard InChI is InChI=1S/C10H9ClO5S/c1-16-10(13)7-3-2-6(5-17(14)15)8(4-12)9(7)11/h2-4H,5H2,1H3,(H,14,15). The molecule has 1 aromatic carbocycles. The van der Waals surface area contributed by atoms with Crippen molar-refractivity contribution in [1.82, 2.24) is 0 Å². The number of carbonyl (C=O) groups is 2. The highest BCUT2D eigenvalue weighted by Crippen LogP contribution is 2.24. The quantitative estimate of drug-likeness (QED) is 0.514. The summed E-state index contributed by atoms with van der Waals surface area (Å²) in [7, 11) is 1.19. The van der Waals surface area contributed by atoms with Crippen molar-refractivity contribution in [2.24, 2.45) is 0 Å². The van der Waals surface area contributed by atoms with Gasteiger partial charge in [-0.25, -0.2) is 9.00 Å². The summed E-state index contributed by atoms with van der Waals surface area (Å²) >= 11 is 3.77. The van der Waals surface area contributed by atoms with Gasteiger partial charge in [-0.05, 0) is 11.6 Å². The topological polar surface area (TPSA) is 80.7 Å². The normalized spacial score (nSPS) is 11.9. The molecule has 1 rings (SSSR count). The molecule has 0 bridgehead atoms. The van der Waals surface area contributed by atoms with Gasteiger partial charge in [0, 0.05) is 5.56 Å². The number of esters is 1. The van der Waals surface area contributed by atoms with Gasteiger partial charge in [0.2, 0.25) is 0 Å². The summed E-state index contributed by atoms with van der Waals surface area (Å²) in [6.07, 6.45) is 0.441. The van der Waals surface area contributed by atoms with Gasteiger partial charge in [-0.2, -0.15) is 0 Å². The molecule has 7 heteroatoms. The van der Waals surface area contributed by atoms with Crippen LogP contribution in [-0.2, 0) is 21.6 Å². The van der Waals surface area contributed by atoms with Crippen molar-refractivity contribution in [3.8, 4) is 0 Å². The Morgan fingerprint density at radius 2 is 2.24 bits per heavy atom. The van der Waals surface area contributed by atoms with Crippen LogP contribution < -0.4 is 0 Å². The van der Waals surface area contributed by atoms with Crippen LogP contribution in [0.15, 0.2) is 12.1 Å². The van der Waals surface area contributed by atoms with E-state index < -0.39 is 17.0 Å². The van der Waals surface area contributed by atoms with Crippen LogP contribution in [0.25, 0.3) is 0 Å². The summed E-state index contributed by atoms with van der Waals surface area (Å²) in [5.41, 5.74) is 0.374. The maximum absolute atomic E-state index is 11.3. The minimum absolute atomic E-state index is 0.0250. The molecule has 92 valence electrons. The molecule has 0 radical (unpaired) electrons. The third kappa shape index (κ3) is 3.12. The molecule has 0 saturated carbocycles. The van der Waals surface area contributed by atoms with E-state index in [-0.39, 0.29) is 21.9 Å². The zero-order chi connectivity index (χ0) is 13.0. The predicted octanol–water partition coefficient (Wildman–Crippen LogP) is 1.66. The van der Waals surface area contributed by atoms with E-state index in [1.807, 2.05) is 0 Å². The lowest BCUT2D eigenvalue weighted by Gasteiger charge is -2.08. The van der Waals surface area contributed by atoms with Crippen molar-refractivity contribution in [3.05, 3.63) is 33.8 Å². The van der Waals surface area contributed by atoms with Gasteiger partial charge >= 0.3 is 5.97 Å². The van der Waals surface area contributed by atoms with Crippen LogP contribution in [0.1, 0.15) is 26.3 Å². The first-order valence-electron chi connectivity index (χ1n) is 4.43. The minimum atomic E-state index is -2.09. The van der Waals surface area contributed by atoms with E-state index in [1.54, 1.807) is 0 Å². The molecule has 0 aliphatic heterocycles. The van der Waals surface area contributed by atoms with Crippen LogP contribution in [0.2, 0.25) is 5.02 Å². The van der Waals surface area contributed by atoms with E-state index in [0.29, 0.717) is 11.8 Å². The lowest BCUT2D eigenvalue weighted by atomic mass is 10.1. The van der Waals surface area contributed by atoms with E-state index in [9.17, 15) is 13.8 Å². The summed E-state index contributed by atoms with van der Waals surface area (Å²) in [4.78, 5) is 22.2. The summed E-state index contributed by atoms with van der Waals surface area (Å²) in [6, 6.07) is 2.75. The van der Waals surface area contributed by atoms with E-state index in [4.69, 9.17) is 16.2 Å². The van der Waals surface area contributed by atoms with Crippen LogP contribution in [0.4, 0.5) is 0 Å². The zero-order valence-electron chi connectivity index (χ0n) is 8.81. The number of ether oxygens (including phenoxy) is 1. The molecular weight excluding hydrogens is 268 g/mol. The van der Waals surface area contributed by atoms with Gasteiger partial charge in [-0.3, -0.25) is 4.79 Å². The first-order chi connectivity index (χ1) is 8.01. The summed E-state index contributed by atoms with van der Waals surface area (Å²) in [5, 5.41) is -0.0743. The van der Waals surface area contributed by atoms with Crippen LogP contribution in [-0.4, -0.2) is 28.1 Å². The number of methoxy groups -OCH3 is 1. The van der Waals surface area contributed by atoms with Gasteiger partial charge in [-0.15, -0.1) is 0 Å². The maximum Gasteiger partial charge on any atom is 0.339 e. The zero-order valence-corrected chi connectivity index (χ0v) is 10.4. The Bertz CT molecular complexity index is 486. The van der Waals surface area contributed by atoms with Crippen molar-refractivity contribution in [1.29, 1.82) is 0 Å². The van der Waals surface area contributed by atoms with Gasteiger partial charge in [0.15, 0.2) is 17.4 Å². The number of carbonyl (C=O) groups excluding carboxylic acids is 2. The summed E-state index contributed by atoms with van der Waals surface area (Å²) in [5.74, 6) is -0.898. The molecule has 0 amide bonds. The Morgan fingerprint density at radius 3 is 2.71 bits per heavy atom. The highest BCUT2D eigenvalue weighted by Gasteiger charge is 2.17. The molecule has 1 atom stereocenters. The molecule has 17 heavy (non-hydrogen) atoms. The highest BCUT2D eigenvalue weighted by atomic mass is 35.5.